The van der Waals surface area contributed by atoms with Crippen LogP contribution >= 0.6 is 0 Å². The quantitative estimate of drug-likeness (QED) is 0.262. The molecule has 7 rings (SSSR count). The molecule has 2 N–H and O–H groups in total. The zero-order valence-corrected chi connectivity index (χ0v) is 28.5. The number of hydrogen-bond donors (Lipinski definition) is 2. The predicted octanol–water partition coefficient (Wildman–Crippen LogP) is 5.50. The number of hydrazine groups is 1. The first-order valence-electron chi connectivity index (χ1n) is 16.6. The SMILES string of the molecule is COc1cc([C@H]2C3=CC[C@@H]4C(=O)N(C(C)(C)C)C(=O)[C@@H]4[C@@H]3C[C@H]3C(=O)N(Nc4ccc(C)cc4)C(=O)[C@@]23c2ccccc2)cc(OC)c1O. The molecule has 1 saturated carbocycles. The van der Waals surface area contributed by atoms with E-state index in [2.05, 4.69) is 5.43 Å². The van der Waals surface area contributed by atoms with Crippen LogP contribution in [-0.4, -0.2) is 58.4 Å². The number of methoxy groups -OCH3 is 2. The number of fused-ring (bicyclic) bond motifs is 4. The van der Waals surface area contributed by atoms with Gasteiger partial charge < -0.3 is 14.6 Å². The van der Waals surface area contributed by atoms with E-state index < -0.39 is 52.4 Å². The fraction of sp³-hybridized carbons (Fsp3) is 0.385. The van der Waals surface area contributed by atoms with E-state index in [4.69, 9.17) is 9.47 Å². The van der Waals surface area contributed by atoms with Gasteiger partial charge in [-0.25, -0.2) is 0 Å². The number of amides is 4. The molecule has 3 aromatic carbocycles. The molecule has 2 aliphatic heterocycles. The fourth-order valence-corrected chi connectivity index (χ4v) is 8.86. The van der Waals surface area contributed by atoms with Crippen molar-refractivity contribution in [2.75, 3.05) is 19.6 Å². The Hall–Kier alpha value is -5.12. The lowest BCUT2D eigenvalue weighted by atomic mass is 9.49. The molecule has 0 aromatic heterocycles. The summed E-state index contributed by atoms with van der Waals surface area (Å²) in [4.78, 5) is 59.5. The maximum Gasteiger partial charge on any atom is 0.260 e. The Bertz CT molecular complexity index is 1870. The van der Waals surface area contributed by atoms with Crippen molar-refractivity contribution in [2.24, 2.45) is 23.7 Å². The van der Waals surface area contributed by atoms with Gasteiger partial charge in [0, 0.05) is 11.5 Å². The molecule has 2 heterocycles. The molecule has 0 radical (unpaired) electrons. The molecule has 4 aliphatic rings. The summed E-state index contributed by atoms with van der Waals surface area (Å²) in [7, 11) is 2.87. The van der Waals surface area contributed by atoms with E-state index in [1.807, 2.05) is 88.4 Å². The highest BCUT2D eigenvalue weighted by atomic mass is 16.5. The lowest BCUT2D eigenvalue weighted by Gasteiger charge is -2.50. The van der Waals surface area contributed by atoms with Crippen LogP contribution in [0.3, 0.4) is 0 Å². The third-order valence-corrected chi connectivity index (χ3v) is 10.9. The van der Waals surface area contributed by atoms with Gasteiger partial charge in [-0.1, -0.05) is 59.7 Å². The molecular weight excluding hydrogens is 622 g/mol. The summed E-state index contributed by atoms with van der Waals surface area (Å²) in [6.45, 7) is 7.50. The minimum absolute atomic E-state index is 0.142. The summed E-state index contributed by atoms with van der Waals surface area (Å²) in [5, 5.41) is 12.1. The van der Waals surface area contributed by atoms with Crippen LogP contribution in [0.25, 0.3) is 0 Å². The van der Waals surface area contributed by atoms with Gasteiger partial charge in [0.2, 0.25) is 17.6 Å². The van der Waals surface area contributed by atoms with Gasteiger partial charge in [0.15, 0.2) is 11.5 Å². The summed E-state index contributed by atoms with van der Waals surface area (Å²) >= 11 is 0. The van der Waals surface area contributed by atoms with Crippen LogP contribution in [0.1, 0.15) is 56.2 Å². The number of anilines is 1. The van der Waals surface area contributed by atoms with Gasteiger partial charge in [0.05, 0.1) is 43.1 Å². The zero-order chi connectivity index (χ0) is 35.0. The van der Waals surface area contributed by atoms with Crippen molar-refractivity contribution in [1.29, 1.82) is 0 Å². The highest BCUT2D eigenvalue weighted by molar-refractivity contribution is 6.13. The van der Waals surface area contributed by atoms with Crippen LogP contribution in [0.4, 0.5) is 5.69 Å². The van der Waals surface area contributed by atoms with Gasteiger partial charge in [-0.2, -0.15) is 5.01 Å². The standard InChI is InChI=1S/C39H41N3O7/c1-21-12-14-24(15-13-21)40-42-35(45)28-20-27-25(16-17-26-31(27)36(46)41(34(26)44)38(2,3)4)32(22-18-29(48-5)33(43)30(19-22)49-6)39(28,37(42)47)23-10-8-7-9-11-23/h7-16,18-19,26-28,31-32,40,43H,17,20H2,1-6H3/t26-,27+,28-,31-,32-,39+/m0/s1. The van der Waals surface area contributed by atoms with Crippen LogP contribution in [0.2, 0.25) is 0 Å². The molecule has 4 amide bonds. The van der Waals surface area contributed by atoms with Gasteiger partial charge in [0.1, 0.15) is 0 Å². The summed E-state index contributed by atoms with van der Waals surface area (Å²) in [5.74, 6) is -4.66. The molecule has 3 aromatic rings. The number of phenolic OH excluding ortho intramolecular Hbond substituents is 1. The third kappa shape index (κ3) is 4.67. The highest BCUT2D eigenvalue weighted by Gasteiger charge is 2.70. The molecule has 0 unspecified atom stereocenters. The lowest BCUT2D eigenvalue weighted by molar-refractivity contribution is -0.146. The van der Waals surface area contributed by atoms with E-state index in [1.165, 1.54) is 19.1 Å². The minimum Gasteiger partial charge on any atom is -0.502 e. The summed E-state index contributed by atoms with van der Waals surface area (Å²) in [5.41, 5.74) is 4.58. The maximum atomic E-state index is 15.3. The smallest absolute Gasteiger partial charge is 0.260 e. The van der Waals surface area contributed by atoms with Crippen molar-refractivity contribution < 1.29 is 33.8 Å². The summed E-state index contributed by atoms with van der Waals surface area (Å²) < 4.78 is 11.2. The molecule has 10 heteroatoms. The monoisotopic (exact) mass is 663 g/mol. The highest BCUT2D eigenvalue weighted by Crippen LogP contribution is 2.65. The molecule has 3 fully saturated rings. The number of nitrogens with zero attached hydrogens (tertiary/aromatic N) is 2. The molecule has 254 valence electrons. The second kappa shape index (κ2) is 11.5. The number of carbonyl (C=O) groups is 4. The van der Waals surface area contributed by atoms with Gasteiger partial charge >= 0.3 is 0 Å². The molecule has 49 heavy (non-hydrogen) atoms. The first-order chi connectivity index (χ1) is 23.3. The number of aryl methyl sites for hydroxylation is 1. The van der Waals surface area contributed by atoms with E-state index >= 15 is 4.79 Å². The lowest BCUT2D eigenvalue weighted by Crippen LogP contribution is -2.53. The number of imide groups is 2. The van der Waals surface area contributed by atoms with E-state index in [-0.39, 0.29) is 35.5 Å². The number of benzene rings is 3. The summed E-state index contributed by atoms with van der Waals surface area (Å²) in [6, 6.07) is 20.1. The second-order valence-electron chi connectivity index (χ2n) is 14.5. The largest absolute Gasteiger partial charge is 0.502 e. The van der Waals surface area contributed by atoms with Crippen molar-refractivity contribution >= 4 is 29.3 Å². The van der Waals surface area contributed by atoms with Crippen LogP contribution in [0.15, 0.2) is 78.4 Å². The van der Waals surface area contributed by atoms with Crippen LogP contribution < -0.4 is 14.9 Å². The first kappa shape index (κ1) is 32.4. The van der Waals surface area contributed by atoms with E-state index in [9.17, 15) is 19.5 Å². The number of aromatic hydroxyl groups is 1. The van der Waals surface area contributed by atoms with Crippen LogP contribution in [0, 0.1) is 30.6 Å². The Morgan fingerprint density at radius 2 is 1.49 bits per heavy atom. The van der Waals surface area contributed by atoms with Crippen molar-refractivity contribution in [3.63, 3.8) is 0 Å². The number of ether oxygens (including phenoxy) is 2. The Kier molecular flexibility index (Phi) is 7.61. The number of phenols is 1. The average Bonchev–Trinajstić information content (AvgIpc) is 3.47. The Balaban J connectivity index is 1.49. The van der Waals surface area contributed by atoms with Crippen molar-refractivity contribution in [2.45, 2.75) is 57.4 Å². The number of carbonyl (C=O) groups excluding carboxylic acids is 4. The van der Waals surface area contributed by atoms with Gasteiger partial charge in [-0.05, 0) is 81.8 Å². The average molecular weight is 664 g/mol. The third-order valence-electron chi connectivity index (χ3n) is 10.9. The minimum atomic E-state index is -1.45. The van der Waals surface area contributed by atoms with Crippen molar-refractivity contribution in [3.8, 4) is 17.2 Å². The summed E-state index contributed by atoms with van der Waals surface area (Å²) in [6.07, 6.45) is 2.52. The Labute approximate surface area is 285 Å². The van der Waals surface area contributed by atoms with Gasteiger partial charge in [-0.15, -0.1) is 0 Å². The van der Waals surface area contributed by atoms with Gasteiger partial charge in [-0.3, -0.25) is 29.5 Å². The number of rotatable bonds is 6. The molecule has 0 bridgehead atoms. The van der Waals surface area contributed by atoms with E-state index in [0.29, 0.717) is 23.2 Å². The van der Waals surface area contributed by atoms with Crippen LogP contribution in [-0.2, 0) is 24.6 Å². The topological polar surface area (TPSA) is 125 Å². The molecule has 0 spiro atoms. The maximum absolute atomic E-state index is 15.3. The molecule has 10 nitrogen and oxygen atoms in total. The molecule has 6 atom stereocenters. The Morgan fingerprint density at radius 1 is 0.857 bits per heavy atom. The first-order valence-corrected chi connectivity index (χ1v) is 16.6. The van der Waals surface area contributed by atoms with E-state index in [0.717, 1.165) is 16.1 Å². The van der Waals surface area contributed by atoms with Crippen molar-refractivity contribution in [1.82, 2.24) is 9.91 Å². The Morgan fingerprint density at radius 3 is 2.08 bits per heavy atom. The number of likely N-dealkylation sites (tertiary alicyclic amines) is 1. The normalized spacial score (nSPS) is 27.8. The number of allylic oxidation sites excluding steroid dienone is 2. The van der Waals surface area contributed by atoms with Gasteiger partial charge in [0.25, 0.3) is 11.8 Å². The number of nitrogens with one attached hydrogen (secondary N) is 1. The van der Waals surface area contributed by atoms with Crippen molar-refractivity contribution in [3.05, 3.63) is 95.1 Å². The molecular formula is C39H41N3O7. The van der Waals surface area contributed by atoms with E-state index in [1.54, 1.807) is 12.1 Å². The zero-order valence-electron chi connectivity index (χ0n) is 28.5. The fourth-order valence-electron chi connectivity index (χ4n) is 8.86. The van der Waals surface area contributed by atoms with Crippen LogP contribution in [0.5, 0.6) is 17.2 Å². The predicted molar refractivity (Wildman–Crippen MR) is 182 cm³/mol. The molecule has 2 aliphatic carbocycles. The second-order valence-corrected chi connectivity index (χ2v) is 14.5. The number of hydrogen-bond acceptors (Lipinski definition) is 8. The molecule has 2 saturated heterocycles.